The predicted octanol–water partition coefficient (Wildman–Crippen LogP) is 3.06. The first-order chi connectivity index (χ1) is 17.5. The second-order valence-corrected chi connectivity index (χ2v) is 11.1. The summed E-state index contributed by atoms with van der Waals surface area (Å²) in [4.78, 5) is 20.4. The Morgan fingerprint density at radius 1 is 1.30 bits per heavy atom. The van der Waals surface area contributed by atoms with Gasteiger partial charge in [0.1, 0.15) is 11.9 Å². The highest BCUT2D eigenvalue weighted by molar-refractivity contribution is 5.93. The first-order valence-electron chi connectivity index (χ1n) is 13.2. The molecule has 0 spiro atoms. The highest BCUT2D eigenvalue weighted by Gasteiger charge is 2.40. The molecule has 37 heavy (non-hydrogen) atoms. The highest BCUT2D eigenvalue weighted by atomic mass is 19.3. The molecule has 5 rings (SSSR count). The number of fused-ring (bicyclic) bond motifs is 1. The molecule has 2 aromatic rings. The third kappa shape index (κ3) is 5.40. The van der Waals surface area contributed by atoms with Crippen molar-refractivity contribution in [3.8, 4) is 0 Å². The summed E-state index contributed by atoms with van der Waals surface area (Å²) in [6.45, 7) is 11.4. The van der Waals surface area contributed by atoms with Crippen molar-refractivity contribution in [1.29, 1.82) is 0 Å². The van der Waals surface area contributed by atoms with Crippen molar-refractivity contribution >= 4 is 17.6 Å². The number of carbonyl (C=O) groups is 1. The zero-order valence-corrected chi connectivity index (χ0v) is 22.0. The van der Waals surface area contributed by atoms with Crippen LogP contribution in [-0.2, 0) is 6.54 Å². The molecule has 0 bridgehead atoms. The number of nitrogens with one attached hydrogen (secondary N) is 3. The number of hydrogen-bond acceptors (Lipinski definition) is 7. The number of amides is 1. The van der Waals surface area contributed by atoms with E-state index in [2.05, 4.69) is 39.8 Å². The van der Waals surface area contributed by atoms with Gasteiger partial charge in [0.2, 0.25) is 11.9 Å². The maximum atomic E-state index is 14.0. The fourth-order valence-corrected chi connectivity index (χ4v) is 5.74. The SMILES string of the molecule is CCn1nccc1C(=O)NC(c1cn2c(n1)NC(N1CCNC(C)(C)C1)C(C)=N2)C1CCC(F)(F)CC1. The van der Waals surface area contributed by atoms with Crippen LogP contribution in [0.4, 0.5) is 14.7 Å². The van der Waals surface area contributed by atoms with Gasteiger partial charge in [0.25, 0.3) is 5.91 Å². The number of piperazine rings is 1. The molecule has 2 aliphatic heterocycles. The molecule has 0 aromatic carbocycles. The van der Waals surface area contributed by atoms with Crippen molar-refractivity contribution in [2.75, 3.05) is 25.0 Å². The number of imidazole rings is 1. The minimum atomic E-state index is -2.66. The largest absolute Gasteiger partial charge is 0.342 e. The van der Waals surface area contributed by atoms with Crippen LogP contribution < -0.4 is 16.0 Å². The van der Waals surface area contributed by atoms with E-state index in [1.807, 2.05) is 13.8 Å². The standard InChI is InChI=1S/C25H37F2N9O/c1-5-35-19(8-11-29-35)22(37)31-20(17-6-9-25(26,27)10-7-17)18-14-36-23(30-18)32-21(16(2)33-36)34-13-12-28-24(3,4)15-34/h8,11,14,17,20-21,28H,5-7,9-10,12-13,15H2,1-4H3,(H,30,32)(H,31,37). The Balaban J connectivity index is 1.40. The normalized spacial score (nSPS) is 24.6. The van der Waals surface area contributed by atoms with Crippen molar-refractivity contribution in [2.45, 2.75) is 83.6 Å². The van der Waals surface area contributed by atoms with Crippen LogP contribution in [0.5, 0.6) is 0 Å². The van der Waals surface area contributed by atoms with Crippen LogP contribution in [-0.4, -0.2) is 73.2 Å². The summed E-state index contributed by atoms with van der Waals surface area (Å²) >= 11 is 0. The van der Waals surface area contributed by atoms with Gasteiger partial charge in [0, 0.05) is 50.8 Å². The van der Waals surface area contributed by atoms with Gasteiger partial charge in [-0.05, 0) is 52.5 Å². The summed E-state index contributed by atoms with van der Waals surface area (Å²) in [6, 6.07) is 1.15. The molecular weight excluding hydrogens is 480 g/mol. The van der Waals surface area contributed by atoms with Gasteiger partial charge >= 0.3 is 0 Å². The number of rotatable bonds is 6. The second kappa shape index (κ2) is 9.79. The van der Waals surface area contributed by atoms with Crippen LogP contribution >= 0.6 is 0 Å². The van der Waals surface area contributed by atoms with Gasteiger partial charge in [-0.3, -0.25) is 14.4 Å². The summed E-state index contributed by atoms with van der Waals surface area (Å²) in [6.07, 6.45) is 3.52. The van der Waals surface area contributed by atoms with Crippen LogP contribution in [0.2, 0.25) is 0 Å². The zero-order chi connectivity index (χ0) is 26.4. The Kier molecular flexibility index (Phi) is 6.82. The molecule has 0 radical (unpaired) electrons. The van der Waals surface area contributed by atoms with E-state index in [1.165, 1.54) is 0 Å². The number of alkyl halides is 2. The molecule has 2 unspecified atom stereocenters. The van der Waals surface area contributed by atoms with Crippen LogP contribution in [0.3, 0.4) is 0 Å². The van der Waals surface area contributed by atoms with E-state index in [0.717, 1.165) is 25.3 Å². The molecule has 2 fully saturated rings. The molecule has 1 saturated heterocycles. The zero-order valence-electron chi connectivity index (χ0n) is 22.0. The molecule has 4 heterocycles. The van der Waals surface area contributed by atoms with Crippen molar-refractivity contribution in [3.63, 3.8) is 0 Å². The number of aromatic nitrogens is 4. The lowest BCUT2D eigenvalue weighted by atomic mass is 9.81. The molecule has 202 valence electrons. The predicted molar refractivity (Wildman–Crippen MR) is 137 cm³/mol. The van der Waals surface area contributed by atoms with Gasteiger partial charge in [-0.2, -0.15) is 10.2 Å². The lowest BCUT2D eigenvalue weighted by Gasteiger charge is -2.43. The van der Waals surface area contributed by atoms with Crippen LogP contribution in [0.1, 0.15) is 75.6 Å². The van der Waals surface area contributed by atoms with E-state index in [9.17, 15) is 13.6 Å². The Bertz CT molecular complexity index is 1160. The first-order valence-corrected chi connectivity index (χ1v) is 13.2. The first kappa shape index (κ1) is 25.8. The lowest BCUT2D eigenvalue weighted by molar-refractivity contribution is -0.0495. The van der Waals surface area contributed by atoms with Gasteiger partial charge < -0.3 is 16.0 Å². The smallest absolute Gasteiger partial charge is 0.270 e. The van der Waals surface area contributed by atoms with Crippen LogP contribution in [0.25, 0.3) is 0 Å². The number of carbonyl (C=O) groups excluding carboxylic acids is 1. The number of aryl methyl sites for hydroxylation is 1. The minimum absolute atomic E-state index is 0.0122. The number of halogens is 2. The summed E-state index contributed by atoms with van der Waals surface area (Å²) < 4.78 is 31.3. The molecule has 12 heteroatoms. The van der Waals surface area contributed by atoms with Crippen LogP contribution in [0.15, 0.2) is 23.6 Å². The van der Waals surface area contributed by atoms with E-state index in [1.54, 1.807) is 27.8 Å². The molecule has 10 nitrogen and oxygen atoms in total. The molecule has 2 atom stereocenters. The lowest BCUT2D eigenvalue weighted by Crippen LogP contribution is -2.62. The third-order valence-corrected chi connectivity index (χ3v) is 7.69. The maximum Gasteiger partial charge on any atom is 0.270 e. The quantitative estimate of drug-likeness (QED) is 0.544. The highest BCUT2D eigenvalue weighted by Crippen LogP contribution is 2.41. The summed E-state index contributed by atoms with van der Waals surface area (Å²) in [5.74, 6) is -2.53. The second-order valence-electron chi connectivity index (χ2n) is 11.1. The van der Waals surface area contributed by atoms with Gasteiger partial charge in [-0.25, -0.2) is 18.4 Å². The molecule has 1 aliphatic carbocycles. The monoisotopic (exact) mass is 517 g/mol. The van der Waals surface area contributed by atoms with Crippen molar-refractivity contribution in [2.24, 2.45) is 11.0 Å². The van der Waals surface area contributed by atoms with E-state index < -0.39 is 12.0 Å². The molecule has 3 N–H and O–H groups in total. The molecule has 3 aliphatic rings. The Morgan fingerprint density at radius 2 is 2.05 bits per heavy atom. The Morgan fingerprint density at radius 3 is 2.76 bits per heavy atom. The Hall–Kier alpha value is -2.86. The average Bonchev–Trinajstić information content (AvgIpc) is 3.48. The minimum Gasteiger partial charge on any atom is -0.342 e. The maximum absolute atomic E-state index is 14.0. The van der Waals surface area contributed by atoms with E-state index in [0.29, 0.717) is 36.7 Å². The van der Waals surface area contributed by atoms with Crippen LogP contribution in [0, 0.1) is 5.92 Å². The van der Waals surface area contributed by atoms with Gasteiger partial charge in [-0.15, -0.1) is 0 Å². The van der Waals surface area contributed by atoms with Crippen molar-refractivity contribution in [3.05, 3.63) is 29.8 Å². The van der Waals surface area contributed by atoms with E-state index >= 15 is 0 Å². The van der Waals surface area contributed by atoms with Gasteiger partial charge in [0.15, 0.2) is 0 Å². The van der Waals surface area contributed by atoms with Gasteiger partial charge in [-0.1, -0.05) is 0 Å². The molecule has 2 aromatic heterocycles. The molecule has 1 saturated carbocycles. The van der Waals surface area contributed by atoms with E-state index in [4.69, 9.17) is 10.1 Å². The number of anilines is 1. The third-order valence-electron chi connectivity index (χ3n) is 7.69. The molecule has 1 amide bonds. The van der Waals surface area contributed by atoms with Crippen molar-refractivity contribution in [1.82, 2.24) is 35.0 Å². The summed E-state index contributed by atoms with van der Waals surface area (Å²) in [7, 11) is 0. The fraction of sp³-hybridized carbons (Fsp3) is 0.680. The average molecular weight is 518 g/mol. The molecular formula is C25H37F2N9O. The topological polar surface area (TPSA) is 104 Å². The fourth-order valence-electron chi connectivity index (χ4n) is 5.74. The van der Waals surface area contributed by atoms with E-state index in [-0.39, 0.29) is 36.4 Å². The Labute approximate surface area is 215 Å². The summed E-state index contributed by atoms with van der Waals surface area (Å²) in [5.41, 5.74) is 1.96. The van der Waals surface area contributed by atoms with Crippen molar-refractivity contribution < 1.29 is 13.6 Å². The number of hydrogen-bond donors (Lipinski definition) is 3. The number of nitrogens with zero attached hydrogens (tertiary/aromatic N) is 6. The summed E-state index contributed by atoms with van der Waals surface area (Å²) in [5, 5.41) is 19.1. The van der Waals surface area contributed by atoms with Gasteiger partial charge in [0.05, 0.1) is 23.6 Å².